The molecule has 0 saturated carbocycles. The molecule has 1 aliphatic heterocycles. The predicted octanol–water partition coefficient (Wildman–Crippen LogP) is 0.273. The lowest BCUT2D eigenvalue weighted by Crippen LogP contribution is -2.02. The van der Waals surface area contributed by atoms with E-state index in [9.17, 15) is 0 Å². The second kappa shape index (κ2) is 2.11. The van der Waals surface area contributed by atoms with Gasteiger partial charge in [0.05, 0.1) is 0 Å². The number of nitrogens with one attached hydrogen (secondary N) is 1. The zero-order chi connectivity index (χ0) is 5.28. The van der Waals surface area contributed by atoms with E-state index >= 15 is 0 Å². The molecule has 40 valence electrons. The molecule has 0 bridgehead atoms. The van der Waals surface area contributed by atoms with Gasteiger partial charge < -0.3 is 0 Å². The molecule has 0 aromatic heterocycles. The van der Waals surface area contributed by atoms with Crippen LogP contribution in [0.4, 0.5) is 0 Å². The molecular formula is C2H4N2S3. The molecule has 0 aliphatic carbocycles. The molecule has 1 aliphatic rings. The largest absolute Gasteiger partial charge is 0.265 e. The van der Waals surface area contributed by atoms with Gasteiger partial charge in [-0.15, -0.1) is 36.6 Å². The highest BCUT2D eigenvalue weighted by Crippen LogP contribution is 2.05. The van der Waals surface area contributed by atoms with Crippen LogP contribution in [0.15, 0.2) is 5.10 Å². The third-order valence-corrected chi connectivity index (χ3v) is 1.87. The van der Waals surface area contributed by atoms with E-state index in [0.29, 0.717) is 0 Å². The molecule has 7 heavy (non-hydrogen) atoms. The van der Waals surface area contributed by atoms with Crippen LogP contribution in [-0.4, -0.2) is 8.70 Å². The van der Waals surface area contributed by atoms with Gasteiger partial charge in [-0.25, -0.2) is 0 Å². The Morgan fingerprint density at radius 2 is 2.29 bits per heavy atom. The Morgan fingerprint density at radius 1 is 1.57 bits per heavy atom. The van der Waals surface area contributed by atoms with Gasteiger partial charge in [-0.1, -0.05) is 0 Å². The first-order valence-electron chi connectivity index (χ1n) is 1.59. The highest BCUT2D eigenvalue weighted by molar-refractivity contribution is 8.37. The minimum absolute atomic E-state index is 0.769. The normalized spacial score (nSPS) is 19.1. The van der Waals surface area contributed by atoms with Crippen molar-refractivity contribution in [3.8, 4) is 0 Å². The Kier molecular flexibility index (Phi) is 1.66. The topological polar surface area (TPSA) is 24.4 Å². The summed E-state index contributed by atoms with van der Waals surface area (Å²) >= 11 is 8.91. The van der Waals surface area contributed by atoms with E-state index in [1.165, 1.54) is 0 Å². The molecule has 1 heterocycles. The smallest absolute Gasteiger partial charge is 0.141 e. The Bertz CT molecular complexity index is 138. The fraction of sp³-hybridized carbons (Fsp3) is 0. The average Bonchev–Trinajstić information content (AvgIpc) is 1.87. The molecule has 0 unspecified atom stereocenters. The number of hydrogen-bond acceptors (Lipinski definition) is 2. The van der Waals surface area contributed by atoms with Crippen molar-refractivity contribution in [2.75, 3.05) is 0 Å². The van der Waals surface area contributed by atoms with Crippen LogP contribution in [0.5, 0.6) is 0 Å². The van der Waals surface area contributed by atoms with E-state index in [1.54, 1.807) is 0 Å². The number of nitrogens with zero attached hydrogens (tertiary/aromatic N) is 1. The van der Waals surface area contributed by atoms with Crippen LogP contribution in [0.1, 0.15) is 0 Å². The molecule has 0 fully saturated rings. The maximum Gasteiger partial charge on any atom is 0.141 e. The van der Waals surface area contributed by atoms with Crippen LogP contribution in [-0.2, 0) is 0 Å². The standard InChI is InChI=1S/C2H4N2S3/c5-1-3-4-2(6)7-1/h3,5,7H,(H,4,6). The zero-order valence-electron chi connectivity index (χ0n) is 3.29. The maximum absolute atomic E-state index is 3.98. The number of rotatable bonds is 0. The molecule has 2 nitrogen and oxygen atoms in total. The fourth-order valence-corrected chi connectivity index (χ4v) is 1.55. The second-order valence-electron chi connectivity index (χ2n) is 0.959. The summed E-state index contributed by atoms with van der Waals surface area (Å²) in [7, 11) is 0. The summed E-state index contributed by atoms with van der Waals surface area (Å²) in [4.78, 5) is 0. The molecule has 0 atom stereocenters. The minimum atomic E-state index is 0.769. The molecule has 0 spiro atoms. The van der Waals surface area contributed by atoms with Gasteiger partial charge >= 0.3 is 0 Å². The molecule has 1 N–H and O–H groups in total. The summed E-state index contributed by atoms with van der Waals surface area (Å²) in [6.45, 7) is 0. The van der Waals surface area contributed by atoms with Gasteiger partial charge in [0.25, 0.3) is 0 Å². The van der Waals surface area contributed by atoms with Gasteiger partial charge in [0.1, 0.15) is 8.70 Å². The van der Waals surface area contributed by atoms with Gasteiger partial charge in [0, 0.05) is 0 Å². The zero-order valence-corrected chi connectivity index (χ0v) is 5.97. The number of thiol groups is 3. The first kappa shape index (κ1) is 5.53. The van der Waals surface area contributed by atoms with Crippen molar-refractivity contribution in [2.45, 2.75) is 0 Å². The lowest BCUT2D eigenvalue weighted by molar-refractivity contribution is 1.08. The third kappa shape index (κ3) is 1.40. The maximum atomic E-state index is 3.98. The summed E-state index contributed by atoms with van der Waals surface area (Å²) in [6.07, 6.45) is 0. The molecular weight excluding hydrogens is 148 g/mol. The highest BCUT2D eigenvalue weighted by Gasteiger charge is 1.95. The van der Waals surface area contributed by atoms with Gasteiger partial charge in [0.15, 0.2) is 0 Å². The monoisotopic (exact) mass is 152 g/mol. The van der Waals surface area contributed by atoms with E-state index < -0.39 is 0 Å². The Hall–Kier alpha value is 0.390. The SMILES string of the molecule is SC1=NNC(S)=[SH]1. The van der Waals surface area contributed by atoms with Crippen molar-refractivity contribution < 1.29 is 0 Å². The summed E-state index contributed by atoms with van der Waals surface area (Å²) in [6, 6.07) is 0. The van der Waals surface area contributed by atoms with Crippen molar-refractivity contribution in [1.82, 2.24) is 5.43 Å². The molecule has 0 aromatic rings. The van der Waals surface area contributed by atoms with Crippen molar-refractivity contribution in [3.63, 3.8) is 0 Å². The van der Waals surface area contributed by atoms with E-state index in [4.69, 9.17) is 0 Å². The average molecular weight is 152 g/mol. The highest BCUT2D eigenvalue weighted by atomic mass is 32.2. The lowest BCUT2D eigenvalue weighted by atomic mass is 11.4. The third-order valence-electron chi connectivity index (χ3n) is 0.462. The van der Waals surface area contributed by atoms with Crippen LogP contribution in [0.25, 0.3) is 0 Å². The van der Waals surface area contributed by atoms with Crippen molar-refractivity contribution in [3.05, 3.63) is 0 Å². The minimum Gasteiger partial charge on any atom is -0.265 e. The van der Waals surface area contributed by atoms with Crippen molar-refractivity contribution in [2.24, 2.45) is 5.10 Å². The van der Waals surface area contributed by atoms with Crippen molar-refractivity contribution in [1.29, 1.82) is 0 Å². The van der Waals surface area contributed by atoms with Crippen LogP contribution < -0.4 is 5.43 Å². The molecule has 1 rings (SSSR count). The summed E-state index contributed by atoms with van der Waals surface area (Å²) in [5, 5.41) is 3.72. The predicted molar refractivity (Wildman–Crippen MR) is 42.5 cm³/mol. The van der Waals surface area contributed by atoms with E-state index in [1.807, 2.05) is 0 Å². The Morgan fingerprint density at radius 3 is 2.43 bits per heavy atom. The first-order chi connectivity index (χ1) is 3.29. The van der Waals surface area contributed by atoms with Gasteiger partial charge in [0.2, 0.25) is 0 Å². The first-order valence-corrected chi connectivity index (χ1v) is 3.38. The molecule has 0 radical (unpaired) electrons. The van der Waals surface area contributed by atoms with E-state index in [2.05, 4.69) is 35.8 Å². The molecule has 5 heteroatoms. The second-order valence-corrected chi connectivity index (χ2v) is 3.63. The summed E-state index contributed by atoms with van der Waals surface area (Å²) in [5.41, 5.74) is 2.65. The lowest BCUT2D eigenvalue weighted by Gasteiger charge is -1.82. The van der Waals surface area contributed by atoms with Crippen molar-refractivity contribution >= 4 is 45.3 Å². The van der Waals surface area contributed by atoms with Gasteiger partial charge in [-0.05, 0) is 0 Å². The van der Waals surface area contributed by atoms with Crippen LogP contribution in [0.2, 0.25) is 0 Å². The molecule has 0 amide bonds. The molecule has 0 saturated heterocycles. The summed E-state index contributed by atoms with van der Waals surface area (Å²) < 4.78 is 1.61. The van der Waals surface area contributed by atoms with Gasteiger partial charge in [-0.3, -0.25) is 5.43 Å². The Balaban J connectivity index is 2.69. The fourth-order valence-electron chi connectivity index (χ4n) is 0.245. The van der Waals surface area contributed by atoms with Crippen LogP contribution in [0, 0.1) is 0 Å². The van der Waals surface area contributed by atoms with E-state index in [0.717, 1.165) is 20.0 Å². The quantitative estimate of drug-likeness (QED) is 0.291. The summed E-state index contributed by atoms with van der Waals surface area (Å²) in [5.74, 6) is 0. The molecule has 0 aromatic carbocycles. The Labute approximate surface area is 56.2 Å². The van der Waals surface area contributed by atoms with Gasteiger partial charge in [-0.2, -0.15) is 5.10 Å². The van der Waals surface area contributed by atoms with Crippen LogP contribution >= 0.6 is 36.6 Å². The van der Waals surface area contributed by atoms with Crippen LogP contribution in [0.3, 0.4) is 0 Å². The van der Waals surface area contributed by atoms with E-state index in [-0.39, 0.29) is 0 Å². The number of hydrogen-bond donors (Lipinski definition) is 4. The number of hydrazone groups is 1.